The molecular formula is C19H27NO3. The van der Waals surface area contributed by atoms with Gasteiger partial charge in [0.15, 0.2) is 11.5 Å². The van der Waals surface area contributed by atoms with Gasteiger partial charge in [-0.2, -0.15) is 0 Å². The summed E-state index contributed by atoms with van der Waals surface area (Å²) >= 11 is 0. The fourth-order valence-electron chi connectivity index (χ4n) is 3.89. The molecule has 126 valence electrons. The van der Waals surface area contributed by atoms with E-state index in [2.05, 4.69) is 19.9 Å². The Kier molecular flexibility index (Phi) is 5.09. The quantitative estimate of drug-likeness (QED) is 0.833. The highest BCUT2D eigenvalue weighted by molar-refractivity contribution is 5.84. The number of likely N-dealkylation sites (N-methyl/N-ethyl adjacent to an activating group) is 1. The number of rotatable bonds is 5. The summed E-state index contributed by atoms with van der Waals surface area (Å²) in [6.45, 7) is 6.81. The summed E-state index contributed by atoms with van der Waals surface area (Å²) in [6, 6.07) is 6.04. The van der Waals surface area contributed by atoms with E-state index in [1.54, 1.807) is 0 Å². The van der Waals surface area contributed by atoms with Crippen LogP contribution in [0.4, 0.5) is 0 Å². The Bertz CT molecular complexity index is 548. The average Bonchev–Trinajstić information content (AvgIpc) is 3.10. The van der Waals surface area contributed by atoms with Crippen molar-refractivity contribution >= 4 is 5.91 Å². The number of hydrogen-bond donors (Lipinski definition) is 0. The van der Waals surface area contributed by atoms with Gasteiger partial charge in [0.25, 0.3) is 0 Å². The Morgan fingerprint density at radius 3 is 2.43 bits per heavy atom. The van der Waals surface area contributed by atoms with Crippen LogP contribution in [-0.4, -0.2) is 37.1 Å². The minimum atomic E-state index is -0.0479. The van der Waals surface area contributed by atoms with Crippen molar-refractivity contribution in [2.24, 2.45) is 5.92 Å². The van der Waals surface area contributed by atoms with Crippen LogP contribution in [-0.2, 0) is 4.79 Å². The summed E-state index contributed by atoms with van der Waals surface area (Å²) in [5, 5.41) is 0. The van der Waals surface area contributed by atoms with E-state index in [4.69, 9.17) is 9.47 Å². The molecule has 1 aliphatic heterocycles. The van der Waals surface area contributed by atoms with Crippen molar-refractivity contribution in [3.63, 3.8) is 0 Å². The van der Waals surface area contributed by atoms with Gasteiger partial charge in [0.2, 0.25) is 5.91 Å². The second-order valence-corrected chi connectivity index (χ2v) is 6.44. The number of carbonyl (C=O) groups is 1. The van der Waals surface area contributed by atoms with E-state index in [0.717, 1.165) is 43.0 Å². The second kappa shape index (κ2) is 7.24. The van der Waals surface area contributed by atoms with E-state index in [1.165, 1.54) is 12.8 Å². The molecule has 1 amide bonds. The molecule has 1 heterocycles. The predicted molar refractivity (Wildman–Crippen MR) is 90.1 cm³/mol. The zero-order valence-corrected chi connectivity index (χ0v) is 14.2. The Morgan fingerprint density at radius 1 is 1.13 bits per heavy atom. The summed E-state index contributed by atoms with van der Waals surface area (Å²) in [6.07, 6.45) is 4.76. The summed E-state index contributed by atoms with van der Waals surface area (Å²) in [5.74, 6) is 2.24. The number of nitrogens with zero attached hydrogens (tertiary/aromatic N) is 1. The lowest BCUT2D eigenvalue weighted by Gasteiger charge is -2.30. The molecule has 4 nitrogen and oxygen atoms in total. The smallest absolute Gasteiger partial charge is 0.230 e. The number of amides is 1. The average molecular weight is 317 g/mol. The number of benzene rings is 1. The van der Waals surface area contributed by atoms with Crippen LogP contribution in [0.15, 0.2) is 18.2 Å². The van der Waals surface area contributed by atoms with E-state index in [-0.39, 0.29) is 11.8 Å². The molecule has 1 saturated carbocycles. The highest BCUT2D eigenvalue weighted by Gasteiger charge is 2.34. The Morgan fingerprint density at radius 2 is 1.78 bits per heavy atom. The molecule has 1 aromatic carbocycles. The van der Waals surface area contributed by atoms with Crippen LogP contribution in [0.3, 0.4) is 0 Å². The van der Waals surface area contributed by atoms with E-state index in [1.807, 2.05) is 17.0 Å². The molecule has 1 aliphatic carbocycles. The van der Waals surface area contributed by atoms with Crippen LogP contribution in [0.2, 0.25) is 0 Å². The van der Waals surface area contributed by atoms with Crippen molar-refractivity contribution in [2.45, 2.75) is 45.4 Å². The first kappa shape index (κ1) is 16.2. The highest BCUT2D eigenvalue weighted by Crippen LogP contribution is 2.41. The van der Waals surface area contributed by atoms with Crippen LogP contribution in [0.5, 0.6) is 11.5 Å². The van der Waals surface area contributed by atoms with Gasteiger partial charge in [-0.3, -0.25) is 4.79 Å². The van der Waals surface area contributed by atoms with Crippen molar-refractivity contribution in [3.8, 4) is 11.5 Å². The Balaban J connectivity index is 1.92. The molecule has 0 spiro atoms. The molecule has 3 rings (SSSR count). The molecule has 2 aliphatic rings. The van der Waals surface area contributed by atoms with Gasteiger partial charge in [0.1, 0.15) is 13.2 Å². The number of carbonyl (C=O) groups excluding carboxylic acids is 1. The van der Waals surface area contributed by atoms with Crippen molar-refractivity contribution in [3.05, 3.63) is 23.8 Å². The lowest BCUT2D eigenvalue weighted by Crippen LogP contribution is -2.37. The number of hydrogen-bond acceptors (Lipinski definition) is 3. The van der Waals surface area contributed by atoms with Gasteiger partial charge in [0, 0.05) is 13.1 Å². The van der Waals surface area contributed by atoms with Gasteiger partial charge in [-0.05, 0) is 50.3 Å². The SMILES string of the molecule is CCN(CC)C(=O)C(c1ccc2c(c1)OCCO2)C1CCCC1. The van der Waals surface area contributed by atoms with Gasteiger partial charge < -0.3 is 14.4 Å². The van der Waals surface area contributed by atoms with E-state index in [0.29, 0.717) is 19.1 Å². The molecule has 1 fully saturated rings. The maximum Gasteiger partial charge on any atom is 0.230 e. The third-order valence-corrected chi connectivity index (χ3v) is 5.14. The minimum Gasteiger partial charge on any atom is -0.486 e. The molecule has 0 N–H and O–H groups in total. The van der Waals surface area contributed by atoms with Gasteiger partial charge in [-0.25, -0.2) is 0 Å². The van der Waals surface area contributed by atoms with Crippen molar-refractivity contribution < 1.29 is 14.3 Å². The molecule has 0 saturated heterocycles. The first-order valence-corrected chi connectivity index (χ1v) is 8.93. The highest BCUT2D eigenvalue weighted by atomic mass is 16.6. The van der Waals surface area contributed by atoms with Gasteiger partial charge in [0.05, 0.1) is 5.92 Å². The fraction of sp³-hybridized carbons (Fsp3) is 0.632. The summed E-state index contributed by atoms with van der Waals surface area (Å²) in [5.41, 5.74) is 1.08. The monoisotopic (exact) mass is 317 g/mol. The summed E-state index contributed by atoms with van der Waals surface area (Å²) in [7, 11) is 0. The molecule has 1 aromatic rings. The van der Waals surface area contributed by atoms with Crippen molar-refractivity contribution in [1.82, 2.24) is 4.90 Å². The van der Waals surface area contributed by atoms with Crippen LogP contribution in [0.25, 0.3) is 0 Å². The van der Waals surface area contributed by atoms with Gasteiger partial charge in [-0.1, -0.05) is 18.9 Å². The standard InChI is InChI=1S/C19H27NO3/c1-3-20(4-2)19(21)18(14-7-5-6-8-14)15-9-10-16-17(13-15)23-12-11-22-16/h9-10,13-14,18H,3-8,11-12H2,1-2H3. The van der Waals surface area contributed by atoms with Crippen LogP contribution < -0.4 is 9.47 Å². The molecule has 0 radical (unpaired) electrons. The molecule has 1 atom stereocenters. The predicted octanol–water partition coefficient (Wildman–Crippen LogP) is 3.60. The fourth-order valence-corrected chi connectivity index (χ4v) is 3.89. The van der Waals surface area contributed by atoms with Gasteiger partial charge in [-0.15, -0.1) is 0 Å². The second-order valence-electron chi connectivity index (χ2n) is 6.44. The zero-order chi connectivity index (χ0) is 16.2. The minimum absolute atomic E-state index is 0.0479. The Labute approximate surface area is 138 Å². The van der Waals surface area contributed by atoms with E-state index >= 15 is 0 Å². The van der Waals surface area contributed by atoms with Crippen molar-refractivity contribution in [2.75, 3.05) is 26.3 Å². The largest absolute Gasteiger partial charge is 0.486 e. The third kappa shape index (κ3) is 3.31. The van der Waals surface area contributed by atoms with Gasteiger partial charge >= 0.3 is 0 Å². The number of ether oxygens (including phenoxy) is 2. The van der Waals surface area contributed by atoms with E-state index < -0.39 is 0 Å². The van der Waals surface area contributed by atoms with Crippen LogP contribution in [0.1, 0.15) is 51.0 Å². The molecular weight excluding hydrogens is 290 g/mol. The van der Waals surface area contributed by atoms with Crippen molar-refractivity contribution in [1.29, 1.82) is 0 Å². The third-order valence-electron chi connectivity index (χ3n) is 5.14. The molecule has 4 heteroatoms. The van der Waals surface area contributed by atoms with Crippen LogP contribution in [0, 0.1) is 5.92 Å². The Hall–Kier alpha value is -1.71. The number of fused-ring (bicyclic) bond motifs is 1. The molecule has 23 heavy (non-hydrogen) atoms. The lowest BCUT2D eigenvalue weighted by atomic mass is 9.83. The normalized spacial score (nSPS) is 18.7. The lowest BCUT2D eigenvalue weighted by molar-refractivity contribution is -0.133. The first-order chi connectivity index (χ1) is 11.2. The summed E-state index contributed by atoms with van der Waals surface area (Å²) < 4.78 is 11.3. The molecule has 1 unspecified atom stereocenters. The van der Waals surface area contributed by atoms with Crippen LogP contribution >= 0.6 is 0 Å². The first-order valence-electron chi connectivity index (χ1n) is 8.93. The van der Waals surface area contributed by atoms with E-state index in [9.17, 15) is 4.79 Å². The molecule has 0 aromatic heterocycles. The summed E-state index contributed by atoms with van der Waals surface area (Å²) in [4.78, 5) is 15.1. The maximum absolute atomic E-state index is 13.1. The maximum atomic E-state index is 13.1. The zero-order valence-electron chi connectivity index (χ0n) is 14.2. The molecule has 0 bridgehead atoms. The topological polar surface area (TPSA) is 38.8 Å².